The summed E-state index contributed by atoms with van der Waals surface area (Å²) in [6.07, 6.45) is 0. The minimum absolute atomic E-state index is 0.180. The number of hydrogen-bond acceptors (Lipinski definition) is 4. The van der Waals surface area contributed by atoms with Crippen LogP contribution in [0.3, 0.4) is 0 Å². The first-order valence-electron chi connectivity index (χ1n) is 10.9. The quantitative estimate of drug-likeness (QED) is 0.287. The molecule has 8 nitrogen and oxygen atoms in total. The lowest BCUT2D eigenvalue weighted by atomic mass is 10.1. The molecule has 0 aliphatic rings. The Hall–Kier alpha value is -3.85. The van der Waals surface area contributed by atoms with Crippen LogP contribution in [0.15, 0.2) is 66.7 Å². The van der Waals surface area contributed by atoms with Crippen LogP contribution in [0.5, 0.6) is 0 Å². The van der Waals surface area contributed by atoms with Gasteiger partial charge < -0.3 is 16.4 Å². The maximum absolute atomic E-state index is 13.3. The van der Waals surface area contributed by atoms with Gasteiger partial charge in [0.1, 0.15) is 0 Å². The number of nitrogens with one attached hydrogen (secondary N) is 2. The van der Waals surface area contributed by atoms with Gasteiger partial charge in [-0.1, -0.05) is 46.9 Å². The number of nitrogens with two attached hydrogens (primary N) is 1. The van der Waals surface area contributed by atoms with Crippen molar-refractivity contribution in [1.29, 1.82) is 0 Å². The van der Waals surface area contributed by atoms with Gasteiger partial charge in [-0.25, -0.2) is 4.68 Å². The number of hydrogen-bond donors (Lipinski definition) is 3. The molecule has 0 atom stereocenters. The van der Waals surface area contributed by atoms with Crippen LogP contribution in [0, 0.1) is 6.92 Å². The van der Waals surface area contributed by atoms with Crippen LogP contribution in [-0.2, 0) is 4.79 Å². The summed E-state index contributed by atoms with van der Waals surface area (Å²) >= 11 is 18.6. The molecule has 11 heteroatoms. The second kappa shape index (κ2) is 11.0. The molecule has 4 N–H and O–H groups in total. The Morgan fingerprint density at radius 3 is 2.16 bits per heavy atom. The zero-order valence-electron chi connectivity index (χ0n) is 19.4. The Balaban J connectivity index is 1.67. The molecule has 0 saturated heterocycles. The van der Waals surface area contributed by atoms with Crippen molar-refractivity contribution in [1.82, 2.24) is 15.1 Å². The highest BCUT2D eigenvalue weighted by molar-refractivity contribution is 6.35. The third-order valence-electron chi connectivity index (χ3n) is 5.42. The van der Waals surface area contributed by atoms with Gasteiger partial charge in [0, 0.05) is 32.4 Å². The van der Waals surface area contributed by atoms with E-state index in [9.17, 15) is 14.4 Å². The van der Waals surface area contributed by atoms with E-state index >= 15 is 0 Å². The number of nitrogens with zero attached hydrogens (tertiary/aromatic N) is 2. The Bertz CT molecular complexity index is 1500. The Labute approximate surface area is 227 Å². The lowest BCUT2D eigenvalue weighted by molar-refractivity contribution is -0.117. The summed E-state index contributed by atoms with van der Waals surface area (Å²) in [5.74, 6) is -1.56. The molecule has 0 unspecified atom stereocenters. The number of anilines is 1. The zero-order chi connectivity index (χ0) is 26.7. The van der Waals surface area contributed by atoms with Gasteiger partial charge in [0.05, 0.1) is 22.9 Å². The van der Waals surface area contributed by atoms with Gasteiger partial charge in [0.15, 0.2) is 5.69 Å². The van der Waals surface area contributed by atoms with E-state index in [1.54, 1.807) is 54.1 Å². The van der Waals surface area contributed by atoms with E-state index in [0.29, 0.717) is 43.3 Å². The molecule has 37 heavy (non-hydrogen) atoms. The van der Waals surface area contributed by atoms with Crippen LogP contribution in [0.25, 0.3) is 16.9 Å². The minimum Gasteiger partial charge on any atom is -0.368 e. The molecular formula is C26H20Cl3N5O3. The number of carbonyl (C=O) groups excluding carboxylic acids is 3. The van der Waals surface area contributed by atoms with Gasteiger partial charge in [0.25, 0.3) is 11.8 Å². The number of aromatic nitrogens is 2. The molecular weight excluding hydrogens is 537 g/mol. The summed E-state index contributed by atoms with van der Waals surface area (Å²) < 4.78 is 1.60. The summed E-state index contributed by atoms with van der Waals surface area (Å²) in [4.78, 5) is 36.2. The lowest BCUT2D eigenvalue weighted by Crippen LogP contribution is -2.33. The van der Waals surface area contributed by atoms with Crippen LogP contribution < -0.4 is 16.4 Å². The van der Waals surface area contributed by atoms with Gasteiger partial charge >= 0.3 is 0 Å². The third-order valence-corrected chi connectivity index (χ3v) is 6.21. The van der Waals surface area contributed by atoms with Crippen molar-refractivity contribution in [2.75, 3.05) is 11.9 Å². The average molecular weight is 557 g/mol. The van der Waals surface area contributed by atoms with Crippen LogP contribution >= 0.6 is 34.8 Å². The van der Waals surface area contributed by atoms with Crippen LogP contribution in [0.1, 0.15) is 26.4 Å². The SMILES string of the molecule is Cc1c(C(=O)Nc2ccc(C(=O)NCC(N)=O)cc2)nn(-c2ccc(Cl)cc2Cl)c1-c1ccc(Cl)cc1. The number of amides is 3. The summed E-state index contributed by atoms with van der Waals surface area (Å²) in [6.45, 7) is 1.52. The first kappa shape index (κ1) is 26.2. The Kier molecular flexibility index (Phi) is 7.83. The summed E-state index contributed by atoms with van der Waals surface area (Å²) in [5.41, 5.74) is 8.59. The van der Waals surface area contributed by atoms with E-state index in [0.717, 1.165) is 5.56 Å². The summed E-state index contributed by atoms with van der Waals surface area (Å²) in [5, 5.41) is 11.2. The van der Waals surface area contributed by atoms with E-state index < -0.39 is 17.7 Å². The zero-order valence-corrected chi connectivity index (χ0v) is 21.7. The first-order valence-corrected chi connectivity index (χ1v) is 12.1. The number of benzene rings is 3. The van der Waals surface area contributed by atoms with Crippen molar-refractivity contribution in [3.05, 3.63) is 98.6 Å². The maximum Gasteiger partial charge on any atom is 0.276 e. The van der Waals surface area contributed by atoms with E-state index in [2.05, 4.69) is 15.7 Å². The topological polar surface area (TPSA) is 119 Å². The van der Waals surface area contributed by atoms with Crippen molar-refractivity contribution in [2.24, 2.45) is 5.73 Å². The Morgan fingerprint density at radius 1 is 0.892 bits per heavy atom. The van der Waals surface area contributed by atoms with E-state index in [4.69, 9.17) is 40.5 Å². The highest BCUT2D eigenvalue weighted by Crippen LogP contribution is 2.33. The van der Waals surface area contributed by atoms with Gasteiger partial charge in [-0.15, -0.1) is 0 Å². The molecule has 0 fully saturated rings. The Morgan fingerprint density at radius 2 is 1.54 bits per heavy atom. The molecule has 3 aromatic carbocycles. The number of rotatable bonds is 7. The van der Waals surface area contributed by atoms with Crippen molar-refractivity contribution >= 4 is 58.2 Å². The largest absolute Gasteiger partial charge is 0.368 e. The van der Waals surface area contributed by atoms with E-state index in [-0.39, 0.29) is 12.2 Å². The molecule has 0 saturated carbocycles. The molecule has 1 heterocycles. The standard InChI is InChI=1S/C26H20Cl3N5O3/c1-14-23(26(37)32-19-9-4-16(5-10-19)25(36)31-13-22(30)35)33-34(21-11-8-18(28)12-20(21)29)24(14)15-2-6-17(27)7-3-15/h2-12H,13H2,1H3,(H2,30,35)(H,31,36)(H,32,37). The van der Waals surface area contributed by atoms with E-state index in [1.807, 2.05) is 12.1 Å². The molecule has 1 aromatic heterocycles. The van der Waals surface area contributed by atoms with Gasteiger partial charge in [-0.05, 0) is 61.5 Å². The fourth-order valence-corrected chi connectivity index (χ4v) is 4.26. The van der Waals surface area contributed by atoms with Crippen LogP contribution in [0.2, 0.25) is 15.1 Å². The third kappa shape index (κ3) is 5.94. The smallest absolute Gasteiger partial charge is 0.276 e. The van der Waals surface area contributed by atoms with Gasteiger partial charge in [-0.3, -0.25) is 14.4 Å². The van der Waals surface area contributed by atoms with Gasteiger partial charge in [0.2, 0.25) is 5.91 Å². The number of carbonyl (C=O) groups is 3. The monoisotopic (exact) mass is 555 g/mol. The fraction of sp³-hybridized carbons (Fsp3) is 0.0769. The first-order chi connectivity index (χ1) is 17.6. The minimum atomic E-state index is -0.648. The molecule has 4 rings (SSSR count). The molecule has 0 spiro atoms. The molecule has 3 amide bonds. The predicted octanol–water partition coefficient (Wildman–Crippen LogP) is 5.28. The van der Waals surface area contributed by atoms with Crippen molar-refractivity contribution < 1.29 is 14.4 Å². The van der Waals surface area contributed by atoms with Crippen LogP contribution in [-0.4, -0.2) is 34.0 Å². The van der Waals surface area contributed by atoms with Crippen molar-refractivity contribution in [2.45, 2.75) is 6.92 Å². The molecule has 4 aromatic rings. The van der Waals surface area contributed by atoms with Crippen LogP contribution in [0.4, 0.5) is 5.69 Å². The normalized spacial score (nSPS) is 10.7. The maximum atomic E-state index is 13.3. The highest BCUT2D eigenvalue weighted by Gasteiger charge is 2.23. The van der Waals surface area contributed by atoms with Crippen molar-refractivity contribution in [3.8, 4) is 16.9 Å². The number of halogens is 3. The lowest BCUT2D eigenvalue weighted by Gasteiger charge is -2.11. The van der Waals surface area contributed by atoms with Gasteiger partial charge in [-0.2, -0.15) is 5.10 Å². The fourth-order valence-electron chi connectivity index (χ4n) is 3.65. The number of primary amides is 1. The average Bonchev–Trinajstić information content (AvgIpc) is 3.20. The predicted molar refractivity (Wildman–Crippen MR) is 145 cm³/mol. The molecule has 0 radical (unpaired) electrons. The second-order valence-electron chi connectivity index (χ2n) is 8.02. The molecule has 0 aliphatic heterocycles. The molecule has 0 aliphatic carbocycles. The summed E-state index contributed by atoms with van der Waals surface area (Å²) in [6, 6.07) is 18.3. The highest BCUT2D eigenvalue weighted by atomic mass is 35.5. The molecule has 188 valence electrons. The summed E-state index contributed by atoms with van der Waals surface area (Å²) in [7, 11) is 0. The van der Waals surface area contributed by atoms with Crippen molar-refractivity contribution in [3.63, 3.8) is 0 Å². The van der Waals surface area contributed by atoms with E-state index in [1.165, 1.54) is 12.1 Å². The molecule has 0 bridgehead atoms. The second-order valence-corrected chi connectivity index (χ2v) is 9.30.